The Hall–Kier alpha value is -3.52. The summed E-state index contributed by atoms with van der Waals surface area (Å²) in [5.74, 6) is -0.0239. The summed E-state index contributed by atoms with van der Waals surface area (Å²) in [6.45, 7) is 2.82. The number of halogens is 1. The van der Waals surface area contributed by atoms with Gasteiger partial charge in [0.25, 0.3) is 0 Å². The number of pyridine rings is 1. The first-order chi connectivity index (χ1) is 18.2. The maximum atomic E-state index is 13.8. The molecule has 2 aliphatic rings. The van der Waals surface area contributed by atoms with Gasteiger partial charge in [0, 0.05) is 55.5 Å². The highest BCUT2D eigenvalue weighted by Gasteiger charge is 2.38. The number of imidazole rings is 1. The Labute approximate surface area is 221 Å². The highest BCUT2D eigenvalue weighted by atomic mass is 35.5. The number of carbonyl (C=O) groups excluding carboxylic acids is 1. The molecule has 8 heteroatoms. The molecule has 37 heavy (non-hydrogen) atoms. The Morgan fingerprint density at radius 1 is 1.08 bits per heavy atom. The monoisotopic (exact) mass is 512 g/mol. The van der Waals surface area contributed by atoms with E-state index in [1.807, 2.05) is 47.3 Å². The lowest BCUT2D eigenvalue weighted by Crippen LogP contribution is -2.57. The second-order valence-electron chi connectivity index (χ2n) is 9.68. The van der Waals surface area contributed by atoms with Gasteiger partial charge in [-0.15, -0.1) is 0 Å². The number of fused-ring (bicyclic) bond motifs is 2. The number of nitrogens with zero attached hydrogens (tertiary/aromatic N) is 4. The number of aromatic nitrogens is 3. The van der Waals surface area contributed by atoms with Gasteiger partial charge in [-0.2, -0.15) is 0 Å². The van der Waals surface area contributed by atoms with E-state index in [0.29, 0.717) is 13.1 Å². The van der Waals surface area contributed by atoms with Crippen LogP contribution in [0.3, 0.4) is 0 Å². The number of nitrogens with one attached hydrogen (secondary N) is 2. The van der Waals surface area contributed by atoms with Crippen molar-refractivity contribution in [3.05, 3.63) is 112 Å². The molecule has 0 radical (unpaired) electrons. The molecule has 2 atom stereocenters. The molecule has 188 valence electrons. The van der Waals surface area contributed by atoms with Gasteiger partial charge in [0.05, 0.1) is 18.1 Å². The van der Waals surface area contributed by atoms with Crippen molar-refractivity contribution in [2.24, 2.45) is 0 Å². The van der Waals surface area contributed by atoms with Crippen molar-refractivity contribution in [3.8, 4) is 0 Å². The van der Waals surface area contributed by atoms with E-state index >= 15 is 0 Å². The van der Waals surface area contributed by atoms with Crippen LogP contribution in [0.25, 0.3) is 0 Å². The molecule has 4 aromatic rings. The molecule has 1 amide bonds. The fourth-order valence-corrected chi connectivity index (χ4v) is 5.75. The third kappa shape index (κ3) is 5.03. The lowest BCUT2D eigenvalue weighted by Gasteiger charge is -2.41. The van der Waals surface area contributed by atoms with Crippen molar-refractivity contribution in [1.29, 1.82) is 0 Å². The van der Waals surface area contributed by atoms with Crippen LogP contribution in [0.2, 0.25) is 5.02 Å². The second kappa shape index (κ2) is 10.5. The Kier molecular flexibility index (Phi) is 6.74. The van der Waals surface area contributed by atoms with Crippen LogP contribution >= 0.6 is 11.6 Å². The minimum Gasteiger partial charge on any atom is -0.333 e. The summed E-state index contributed by atoms with van der Waals surface area (Å²) in [5.41, 5.74) is 6.56. The number of hydrogen-bond acceptors (Lipinski definition) is 5. The average Bonchev–Trinajstić information content (AvgIpc) is 3.37. The summed E-state index contributed by atoms with van der Waals surface area (Å²) in [5, 5.41) is 7.35. The lowest BCUT2D eigenvalue weighted by molar-refractivity contribution is -0.122. The molecule has 0 saturated carbocycles. The van der Waals surface area contributed by atoms with E-state index in [9.17, 15) is 4.79 Å². The normalized spacial score (nSPS) is 19.5. The van der Waals surface area contributed by atoms with Crippen molar-refractivity contribution < 1.29 is 4.79 Å². The highest BCUT2D eigenvalue weighted by molar-refractivity contribution is 6.30. The molecule has 1 aliphatic carbocycles. The maximum Gasteiger partial charge on any atom is 0.243 e. The van der Waals surface area contributed by atoms with Crippen LogP contribution in [0.15, 0.2) is 79.5 Å². The molecule has 2 aromatic heterocycles. The Morgan fingerprint density at radius 3 is 2.89 bits per heavy atom. The zero-order valence-electron chi connectivity index (χ0n) is 20.5. The van der Waals surface area contributed by atoms with E-state index in [1.54, 1.807) is 12.5 Å². The van der Waals surface area contributed by atoms with Crippen LogP contribution in [0.1, 0.15) is 34.0 Å². The van der Waals surface area contributed by atoms with Gasteiger partial charge in [0.1, 0.15) is 6.04 Å². The first-order valence-corrected chi connectivity index (χ1v) is 13.1. The molecule has 7 nitrogen and oxygen atoms in total. The van der Waals surface area contributed by atoms with E-state index in [2.05, 4.69) is 44.8 Å². The third-order valence-corrected chi connectivity index (χ3v) is 7.52. The van der Waals surface area contributed by atoms with Crippen LogP contribution < -0.4 is 10.6 Å². The summed E-state index contributed by atoms with van der Waals surface area (Å²) < 4.78 is 2.01. The number of anilines is 1. The molecular formula is C29H29ClN6O. The molecular weight excluding hydrogens is 484 g/mol. The van der Waals surface area contributed by atoms with Gasteiger partial charge in [-0.05, 0) is 65.4 Å². The molecule has 0 bridgehead atoms. The molecule has 6 rings (SSSR count). The van der Waals surface area contributed by atoms with E-state index in [-0.39, 0.29) is 18.0 Å². The molecule has 2 N–H and O–H groups in total. The van der Waals surface area contributed by atoms with E-state index in [0.717, 1.165) is 47.9 Å². The standard InChI is InChI=1S/C29H29ClN6O/c30-23-8-9-25-22(16-23)7-6-21-4-2-10-33-27(21)28(25)36-14-12-31-17-26(36)29(37)34-24-5-1-3-20(15-24)18-35-13-11-32-19-35/h1-5,8-11,13,15-16,19,26,28,31H,6-7,12,14,17-18H2,(H,34,37)/t26-,28-/m0/s1. The molecule has 1 fully saturated rings. The first kappa shape index (κ1) is 23.9. The van der Waals surface area contributed by atoms with Crippen LogP contribution in [0, 0.1) is 0 Å². The average molecular weight is 513 g/mol. The maximum absolute atomic E-state index is 13.8. The van der Waals surface area contributed by atoms with Crippen LogP contribution in [-0.4, -0.2) is 51.0 Å². The Balaban J connectivity index is 1.31. The summed E-state index contributed by atoms with van der Waals surface area (Å²) >= 11 is 6.39. The Bertz CT molecular complexity index is 1410. The molecule has 1 saturated heterocycles. The molecule has 0 unspecified atom stereocenters. The molecule has 2 aromatic carbocycles. The van der Waals surface area contributed by atoms with Gasteiger partial charge in [-0.1, -0.05) is 35.9 Å². The molecule has 3 heterocycles. The third-order valence-electron chi connectivity index (χ3n) is 7.29. The van der Waals surface area contributed by atoms with Crippen LogP contribution in [-0.2, 0) is 24.2 Å². The number of aryl methyl sites for hydroxylation is 2. The smallest absolute Gasteiger partial charge is 0.243 e. The number of amides is 1. The number of benzene rings is 2. The van der Waals surface area contributed by atoms with Crippen LogP contribution in [0.5, 0.6) is 0 Å². The fourth-order valence-electron chi connectivity index (χ4n) is 5.55. The minimum atomic E-state index is -0.354. The number of piperazine rings is 1. The van der Waals surface area contributed by atoms with E-state index in [4.69, 9.17) is 16.6 Å². The van der Waals surface area contributed by atoms with E-state index in [1.165, 1.54) is 16.7 Å². The number of rotatable bonds is 5. The quantitative estimate of drug-likeness (QED) is 0.421. The first-order valence-electron chi connectivity index (χ1n) is 12.7. The van der Waals surface area contributed by atoms with Gasteiger partial charge in [0.2, 0.25) is 5.91 Å². The van der Waals surface area contributed by atoms with Crippen LogP contribution in [0.4, 0.5) is 5.69 Å². The summed E-state index contributed by atoms with van der Waals surface area (Å²) in [6, 6.07) is 17.8. The van der Waals surface area contributed by atoms with Gasteiger partial charge in [-0.3, -0.25) is 14.7 Å². The summed E-state index contributed by atoms with van der Waals surface area (Å²) in [4.78, 5) is 25.0. The van der Waals surface area contributed by atoms with Crippen molar-refractivity contribution in [1.82, 2.24) is 24.8 Å². The molecule has 0 spiro atoms. The highest BCUT2D eigenvalue weighted by Crippen LogP contribution is 2.38. The van der Waals surface area contributed by atoms with Crippen molar-refractivity contribution in [3.63, 3.8) is 0 Å². The van der Waals surface area contributed by atoms with Gasteiger partial charge < -0.3 is 15.2 Å². The predicted octanol–water partition coefficient (Wildman–Crippen LogP) is 4.08. The van der Waals surface area contributed by atoms with Gasteiger partial charge in [0.15, 0.2) is 0 Å². The number of carbonyl (C=O) groups is 1. The predicted molar refractivity (Wildman–Crippen MR) is 145 cm³/mol. The zero-order valence-corrected chi connectivity index (χ0v) is 21.2. The summed E-state index contributed by atoms with van der Waals surface area (Å²) in [7, 11) is 0. The van der Waals surface area contributed by atoms with Crippen molar-refractivity contribution >= 4 is 23.2 Å². The Morgan fingerprint density at radius 2 is 2.00 bits per heavy atom. The molecule has 1 aliphatic heterocycles. The minimum absolute atomic E-state index is 0.0239. The van der Waals surface area contributed by atoms with E-state index < -0.39 is 0 Å². The van der Waals surface area contributed by atoms with Crippen molar-refractivity contribution in [2.45, 2.75) is 31.5 Å². The topological polar surface area (TPSA) is 75.1 Å². The number of hydrogen-bond donors (Lipinski definition) is 2. The fraction of sp³-hybridized carbons (Fsp3) is 0.276. The SMILES string of the molecule is O=C(Nc1cccc(Cn2ccnc2)c1)[C@@H]1CNCCN1[C@H]1c2ccc(Cl)cc2CCc2cccnc21. The zero-order chi connectivity index (χ0) is 25.2. The lowest BCUT2D eigenvalue weighted by atomic mass is 9.94. The summed E-state index contributed by atoms with van der Waals surface area (Å²) in [6.07, 6.45) is 9.15. The second-order valence-corrected chi connectivity index (χ2v) is 10.1. The van der Waals surface area contributed by atoms with Gasteiger partial charge in [-0.25, -0.2) is 4.98 Å². The van der Waals surface area contributed by atoms with Gasteiger partial charge >= 0.3 is 0 Å². The van der Waals surface area contributed by atoms with Crippen molar-refractivity contribution in [2.75, 3.05) is 25.0 Å². The largest absolute Gasteiger partial charge is 0.333 e.